The van der Waals surface area contributed by atoms with Gasteiger partial charge >= 0.3 is 0 Å². The average Bonchev–Trinajstić information content (AvgIpc) is 2.91. The SMILES string of the molecule is Cc1ccsc1CN(C(=O)CS(=O)(=O)CC(C)C)c1ccc(F)c(Cl)c1. The smallest absolute Gasteiger partial charge is 0.242 e. The number of rotatable bonds is 7. The van der Waals surface area contributed by atoms with Crippen LogP contribution in [-0.4, -0.2) is 25.8 Å². The lowest BCUT2D eigenvalue weighted by atomic mass is 10.2. The van der Waals surface area contributed by atoms with Crippen molar-refractivity contribution in [2.45, 2.75) is 27.3 Å². The van der Waals surface area contributed by atoms with Gasteiger partial charge in [0, 0.05) is 10.6 Å². The summed E-state index contributed by atoms with van der Waals surface area (Å²) in [5, 5.41) is 1.79. The fraction of sp³-hybridized carbons (Fsp3) is 0.389. The Morgan fingerprint density at radius 3 is 2.54 bits per heavy atom. The Bertz CT molecular complexity index is 894. The zero-order valence-corrected chi connectivity index (χ0v) is 17.2. The van der Waals surface area contributed by atoms with Gasteiger partial charge in [-0.05, 0) is 48.1 Å². The summed E-state index contributed by atoms with van der Waals surface area (Å²) >= 11 is 7.32. The molecule has 0 fully saturated rings. The van der Waals surface area contributed by atoms with Gasteiger partial charge in [0.05, 0.1) is 17.3 Å². The van der Waals surface area contributed by atoms with Gasteiger partial charge in [-0.15, -0.1) is 11.3 Å². The van der Waals surface area contributed by atoms with Gasteiger partial charge in [-0.1, -0.05) is 25.4 Å². The van der Waals surface area contributed by atoms with Crippen LogP contribution in [-0.2, 0) is 21.2 Å². The third kappa shape index (κ3) is 5.53. The van der Waals surface area contributed by atoms with Crippen LogP contribution in [0.2, 0.25) is 5.02 Å². The van der Waals surface area contributed by atoms with Gasteiger partial charge in [0.2, 0.25) is 5.91 Å². The number of hydrogen-bond donors (Lipinski definition) is 0. The zero-order chi connectivity index (χ0) is 19.5. The molecule has 1 aromatic heterocycles. The van der Waals surface area contributed by atoms with E-state index >= 15 is 0 Å². The highest BCUT2D eigenvalue weighted by molar-refractivity contribution is 7.92. The van der Waals surface area contributed by atoms with Crippen LogP contribution in [0.5, 0.6) is 0 Å². The van der Waals surface area contributed by atoms with E-state index in [4.69, 9.17) is 11.6 Å². The second kappa shape index (κ2) is 8.50. The van der Waals surface area contributed by atoms with Crippen molar-refractivity contribution in [1.82, 2.24) is 0 Å². The van der Waals surface area contributed by atoms with Crippen LogP contribution < -0.4 is 4.90 Å². The predicted octanol–water partition coefficient (Wildman–Crippen LogP) is 4.45. The van der Waals surface area contributed by atoms with E-state index in [1.54, 1.807) is 13.8 Å². The molecule has 0 bridgehead atoms. The molecule has 142 valence electrons. The first-order valence-corrected chi connectivity index (χ1v) is 11.2. The van der Waals surface area contributed by atoms with Crippen molar-refractivity contribution in [2.75, 3.05) is 16.4 Å². The monoisotopic (exact) mass is 417 g/mol. The molecule has 26 heavy (non-hydrogen) atoms. The molecule has 0 aliphatic carbocycles. The molecule has 1 aromatic carbocycles. The number of carbonyl (C=O) groups excluding carboxylic acids is 1. The predicted molar refractivity (Wildman–Crippen MR) is 105 cm³/mol. The molecule has 0 N–H and O–H groups in total. The van der Waals surface area contributed by atoms with Crippen LogP contribution in [0.1, 0.15) is 24.3 Å². The number of amides is 1. The average molecular weight is 418 g/mol. The van der Waals surface area contributed by atoms with Crippen molar-refractivity contribution in [3.8, 4) is 0 Å². The third-order valence-electron chi connectivity index (χ3n) is 3.72. The summed E-state index contributed by atoms with van der Waals surface area (Å²) in [6.07, 6.45) is 0. The highest BCUT2D eigenvalue weighted by atomic mass is 35.5. The van der Waals surface area contributed by atoms with Crippen molar-refractivity contribution < 1.29 is 17.6 Å². The van der Waals surface area contributed by atoms with Crippen LogP contribution in [0.15, 0.2) is 29.6 Å². The van der Waals surface area contributed by atoms with E-state index in [0.29, 0.717) is 5.69 Å². The third-order valence-corrected chi connectivity index (χ3v) is 6.88. The van der Waals surface area contributed by atoms with Gasteiger partial charge in [0.25, 0.3) is 0 Å². The maximum absolute atomic E-state index is 13.5. The van der Waals surface area contributed by atoms with E-state index < -0.39 is 27.3 Å². The number of benzene rings is 1. The number of hydrogen-bond acceptors (Lipinski definition) is 4. The van der Waals surface area contributed by atoms with Gasteiger partial charge < -0.3 is 4.90 Å². The first-order valence-electron chi connectivity index (χ1n) is 8.08. The number of nitrogens with zero attached hydrogens (tertiary/aromatic N) is 1. The first-order chi connectivity index (χ1) is 12.1. The number of thiophene rings is 1. The molecule has 0 aliphatic heterocycles. The number of halogens is 2. The number of carbonyl (C=O) groups is 1. The van der Waals surface area contributed by atoms with Gasteiger partial charge in [0.1, 0.15) is 11.6 Å². The largest absolute Gasteiger partial charge is 0.306 e. The first kappa shape index (κ1) is 20.9. The highest BCUT2D eigenvalue weighted by Crippen LogP contribution is 2.27. The lowest BCUT2D eigenvalue weighted by Crippen LogP contribution is -2.36. The van der Waals surface area contributed by atoms with Gasteiger partial charge in [0.15, 0.2) is 9.84 Å². The number of sulfone groups is 1. The molecule has 0 saturated carbocycles. The Morgan fingerprint density at radius 2 is 2.00 bits per heavy atom. The molecular weight excluding hydrogens is 397 g/mol. The molecule has 0 atom stereocenters. The molecule has 0 aliphatic rings. The number of anilines is 1. The second-order valence-corrected chi connectivity index (χ2v) is 10.1. The summed E-state index contributed by atoms with van der Waals surface area (Å²) in [5.74, 6) is -1.87. The number of aryl methyl sites for hydroxylation is 1. The van der Waals surface area contributed by atoms with Crippen LogP contribution in [0.4, 0.5) is 10.1 Å². The molecule has 0 radical (unpaired) electrons. The van der Waals surface area contributed by atoms with Gasteiger partial charge in [-0.25, -0.2) is 12.8 Å². The molecule has 1 amide bonds. The summed E-state index contributed by atoms with van der Waals surface area (Å²) in [7, 11) is -3.54. The molecule has 2 aromatic rings. The van der Waals surface area contributed by atoms with Crippen molar-refractivity contribution in [3.63, 3.8) is 0 Å². The molecule has 4 nitrogen and oxygen atoms in total. The molecule has 8 heteroatoms. The van der Waals surface area contributed by atoms with E-state index in [9.17, 15) is 17.6 Å². The lowest BCUT2D eigenvalue weighted by Gasteiger charge is -2.23. The van der Waals surface area contributed by atoms with Crippen LogP contribution in [0.3, 0.4) is 0 Å². The highest BCUT2D eigenvalue weighted by Gasteiger charge is 2.25. The van der Waals surface area contributed by atoms with Gasteiger partial charge in [-0.2, -0.15) is 0 Å². The molecule has 1 heterocycles. The molecule has 0 saturated heterocycles. The maximum Gasteiger partial charge on any atom is 0.242 e. The molecule has 0 unspecified atom stereocenters. The Morgan fingerprint density at radius 1 is 1.31 bits per heavy atom. The lowest BCUT2D eigenvalue weighted by molar-refractivity contribution is -0.116. The minimum absolute atomic E-state index is 0.0607. The normalized spacial score (nSPS) is 11.8. The Balaban J connectivity index is 2.35. The summed E-state index contributed by atoms with van der Waals surface area (Å²) in [6, 6.07) is 5.86. The maximum atomic E-state index is 13.5. The summed E-state index contributed by atoms with van der Waals surface area (Å²) in [4.78, 5) is 15.1. The molecule has 2 rings (SSSR count). The Hall–Kier alpha value is -1.44. The quantitative estimate of drug-likeness (QED) is 0.668. The van der Waals surface area contributed by atoms with Crippen LogP contribution in [0.25, 0.3) is 0 Å². The molecular formula is C18H21ClFNO3S2. The Kier molecular flexibility index (Phi) is 6.82. The van der Waals surface area contributed by atoms with Crippen molar-refractivity contribution >= 4 is 44.4 Å². The van der Waals surface area contributed by atoms with E-state index in [2.05, 4.69) is 0 Å². The fourth-order valence-electron chi connectivity index (χ4n) is 2.52. The van der Waals surface area contributed by atoms with E-state index in [0.717, 1.165) is 10.4 Å². The van der Waals surface area contributed by atoms with Crippen LogP contribution >= 0.6 is 22.9 Å². The van der Waals surface area contributed by atoms with Crippen molar-refractivity contribution in [3.05, 3.63) is 50.9 Å². The summed E-state index contributed by atoms with van der Waals surface area (Å²) in [6.45, 7) is 5.70. The minimum atomic E-state index is -3.54. The fourth-order valence-corrected chi connectivity index (χ4v) is 5.25. The zero-order valence-electron chi connectivity index (χ0n) is 14.8. The second-order valence-electron chi connectivity index (χ2n) is 6.55. The van der Waals surface area contributed by atoms with Gasteiger partial charge in [-0.3, -0.25) is 4.79 Å². The topological polar surface area (TPSA) is 54.5 Å². The van der Waals surface area contributed by atoms with E-state index in [1.807, 2.05) is 18.4 Å². The molecule has 0 spiro atoms. The van der Waals surface area contributed by atoms with Crippen LogP contribution in [0, 0.1) is 18.7 Å². The van der Waals surface area contributed by atoms with E-state index in [1.165, 1.54) is 34.4 Å². The summed E-state index contributed by atoms with van der Waals surface area (Å²) < 4.78 is 38.0. The van der Waals surface area contributed by atoms with E-state index in [-0.39, 0.29) is 23.2 Å². The minimum Gasteiger partial charge on any atom is -0.306 e. The Labute approximate surface area is 162 Å². The van der Waals surface area contributed by atoms with Crippen molar-refractivity contribution in [1.29, 1.82) is 0 Å². The standard InChI is InChI=1S/C18H21ClFNO3S2/c1-12(2)10-26(23,24)11-18(22)21(9-17-13(3)6-7-25-17)14-4-5-16(20)15(19)8-14/h4-8,12H,9-11H2,1-3H3. The summed E-state index contributed by atoms with van der Waals surface area (Å²) in [5.41, 5.74) is 1.37. The van der Waals surface area contributed by atoms with Crippen molar-refractivity contribution in [2.24, 2.45) is 5.92 Å².